The van der Waals surface area contributed by atoms with Crippen LogP contribution in [0, 0.1) is 0 Å². The van der Waals surface area contributed by atoms with Crippen LogP contribution in [-0.4, -0.2) is 35.4 Å². The molecule has 0 aliphatic carbocycles. The molecule has 0 saturated carbocycles. The third-order valence-electron chi connectivity index (χ3n) is 6.50. The van der Waals surface area contributed by atoms with Crippen LogP contribution in [0.2, 0.25) is 0 Å². The molecular formula is C28H29F3N2OS. The Kier molecular flexibility index (Phi) is 7.87. The predicted octanol–water partition coefficient (Wildman–Crippen LogP) is 7.12. The molecule has 0 aromatic heterocycles. The number of thioether (sulfide) groups is 1. The predicted molar refractivity (Wildman–Crippen MR) is 138 cm³/mol. The number of halogens is 3. The monoisotopic (exact) mass is 498 g/mol. The van der Waals surface area contributed by atoms with E-state index >= 15 is 0 Å². The van der Waals surface area contributed by atoms with Crippen molar-refractivity contribution >= 4 is 23.4 Å². The molecule has 1 N–H and O–H groups in total. The zero-order chi connectivity index (χ0) is 25.0. The van der Waals surface area contributed by atoms with E-state index in [2.05, 4.69) is 29.5 Å². The van der Waals surface area contributed by atoms with Crippen molar-refractivity contribution in [2.45, 2.75) is 37.7 Å². The van der Waals surface area contributed by atoms with Crippen LogP contribution in [0.5, 0.6) is 0 Å². The maximum atomic E-state index is 13.1. The molecule has 0 fully saturated rings. The van der Waals surface area contributed by atoms with Gasteiger partial charge in [-0.05, 0) is 78.2 Å². The van der Waals surface area contributed by atoms with Crippen molar-refractivity contribution in [3.63, 3.8) is 0 Å². The SMILES string of the molecule is CSC(C)CCN1CCc2cc(NC(=O)c3ccccc3-c3ccc(C(F)(F)F)cc3)ccc2C1. The lowest BCUT2D eigenvalue weighted by atomic mass is 9.97. The summed E-state index contributed by atoms with van der Waals surface area (Å²) >= 11 is 1.89. The highest BCUT2D eigenvalue weighted by Crippen LogP contribution is 2.32. The van der Waals surface area contributed by atoms with Gasteiger partial charge >= 0.3 is 6.18 Å². The molecule has 1 aliphatic heterocycles. The fourth-order valence-electron chi connectivity index (χ4n) is 4.33. The maximum absolute atomic E-state index is 13.1. The van der Waals surface area contributed by atoms with Gasteiger partial charge in [0.25, 0.3) is 5.91 Å². The molecule has 1 aliphatic rings. The largest absolute Gasteiger partial charge is 0.416 e. The molecule has 35 heavy (non-hydrogen) atoms. The van der Waals surface area contributed by atoms with E-state index in [4.69, 9.17) is 0 Å². The third-order valence-corrected chi connectivity index (χ3v) is 7.55. The number of hydrogen-bond donors (Lipinski definition) is 1. The Morgan fingerprint density at radius 3 is 2.51 bits per heavy atom. The highest BCUT2D eigenvalue weighted by atomic mass is 32.2. The minimum absolute atomic E-state index is 0.288. The van der Waals surface area contributed by atoms with Crippen molar-refractivity contribution < 1.29 is 18.0 Å². The topological polar surface area (TPSA) is 32.3 Å². The van der Waals surface area contributed by atoms with Gasteiger partial charge in [-0.2, -0.15) is 24.9 Å². The van der Waals surface area contributed by atoms with Crippen LogP contribution in [0.1, 0.15) is 40.4 Å². The molecule has 4 rings (SSSR count). The Labute approximate surface area is 208 Å². The molecule has 1 atom stereocenters. The summed E-state index contributed by atoms with van der Waals surface area (Å²) in [6.45, 7) is 5.26. The Morgan fingerprint density at radius 1 is 1.06 bits per heavy atom. The second-order valence-corrected chi connectivity index (χ2v) is 10.2. The van der Waals surface area contributed by atoms with E-state index in [1.807, 2.05) is 23.9 Å². The van der Waals surface area contributed by atoms with Crippen LogP contribution in [-0.2, 0) is 19.1 Å². The van der Waals surface area contributed by atoms with Crippen LogP contribution in [0.15, 0.2) is 66.7 Å². The Bertz CT molecular complexity index is 1180. The Hall–Kier alpha value is -2.77. The van der Waals surface area contributed by atoms with Gasteiger partial charge in [-0.1, -0.05) is 43.3 Å². The summed E-state index contributed by atoms with van der Waals surface area (Å²) < 4.78 is 38.8. The quantitative estimate of drug-likeness (QED) is 0.376. The first-order chi connectivity index (χ1) is 16.7. The number of hydrogen-bond acceptors (Lipinski definition) is 3. The van der Waals surface area contributed by atoms with Crippen molar-refractivity contribution in [2.24, 2.45) is 0 Å². The average molecular weight is 499 g/mol. The number of rotatable bonds is 7. The molecule has 184 valence electrons. The minimum Gasteiger partial charge on any atom is -0.322 e. The van der Waals surface area contributed by atoms with Crippen LogP contribution < -0.4 is 5.32 Å². The molecule has 7 heteroatoms. The van der Waals surface area contributed by atoms with Gasteiger partial charge in [0.2, 0.25) is 0 Å². The number of carbonyl (C=O) groups excluding carboxylic acids is 1. The molecular weight excluding hydrogens is 469 g/mol. The van der Waals surface area contributed by atoms with Gasteiger partial charge in [0, 0.05) is 29.6 Å². The van der Waals surface area contributed by atoms with E-state index in [9.17, 15) is 18.0 Å². The van der Waals surface area contributed by atoms with Crippen molar-refractivity contribution in [3.05, 3.63) is 89.0 Å². The normalized spacial score (nSPS) is 14.9. The zero-order valence-corrected chi connectivity index (χ0v) is 20.7. The molecule has 0 saturated heterocycles. The van der Waals surface area contributed by atoms with Gasteiger partial charge in [-0.3, -0.25) is 9.69 Å². The molecule has 0 bridgehead atoms. The van der Waals surface area contributed by atoms with Crippen LogP contribution in [0.3, 0.4) is 0 Å². The van der Waals surface area contributed by atoms with E-state index in [0.717, 1.165) is 43.9 Å². The number of carbonyl (C=O) groups is 1. The number of benzene rings is 3. The molecule has 3 aromatic carbocycles. The van der Waals surface area contributed by atoms with Gasteiger partial charge in [0.15, 0.2) is 0 Å². The number of alkyl halides is 3. The lowest BCUT2D eigenvalue weighted by Gasteiger charge is -2.29. The first-order valence-electron chi connectivity index (χ1n) is 11.7. The first-order valence-corrected chi connectivity index (χ1v) is 13.0. The summed E-state index contributed by atoms with van der Waals surface area (Å²) in [4.78, 5) is 15.6. The molecule has 1 unspecified atom stereocenters. The van der Waals surface area contributed by atoms with Crippen LogP contribution in [0.25, 0.3) is 11.1 Å². The zero-order valence-electron chi connectivity index (χ0n) is 19.9. The smallest absolute Gasteiger partial charge is 0.322 e. The first kappa shape index (κ1) is 25.3. The van der Waals surface area contributed by atoms with E-state index < -0.39 is 11.7 Å². The number of anilines is 1. The number of nitrogens with zero attached hydrogens (tertiary/aromatic N) is 1. The van der Waals surface area contributed by atoms with Crippen molar-refractivity contribution in [3.8, 4) is 11.1 Å². The van der Waals surface area contributed by atoms with Gasteiger partial charge in [0.05, 0.1) is 5.56 Å². The molecule has 1 heterocycles. The molecule has 0 radical (unpaired) electrons. The fourth-order valence-corrected chi connectivity index (χ4v) is 4.67. The number of nitrogens with one attached hydrogen (secondary N) is 1. The number of fused-ring (bicyclic) bond motifs is 1. The second kappa shape index (κ2) is 10.9. The molecule has 3 aromatic rings. The second-order valence-electron chi connectivity index (χ2n) is 8.92. The lowest BCUT2D eigenvalue weighted by Crippen LogP contribution is -2.32. The fraction of sp³-hybridized carbons (Fsp3) is 0.321. The van der Waals surface area contributed by atoms with Gasteiger partial charge in [0.1, 0.15) is 0 Å². The lowest BCUT2D eigenvalue weighted by molar-refractivity contribution is -0.137. The summed E-state index contributed by atoms with van der Waals surface area (Å²) in [5.74, 6) is -0.288. The van der Waals surface area contributed by atoms with Crippen LogP contribution >= 0.6 is 11.8 Å². The summed E-state index contributed by atoms with van der Waals surface area (Å²) in [7, 11) is 0. The summed E-state index contributed by atoms with van der Waals surface area (Å²) in [6.07, 6.45) is -0.141. The molecule has 3 nitrogen and oxygen atoms in total. The summed E-state index contributed by atoms with van der Waals surface area (Å²) in [5.41, 5.74) is 4.11. The van der Waals surface area contributed by atoms with E-state index in [0.29, 0.717) is 21.9 Å². The Balaban J connectivity index is 1.47. The van der Waals surface area contributed by atoms with Crippen molar-refractivity contribution in [1.82, 2.24) is 4.90 Å². The summed E-state index contributed by atoms with van der Waals surface area (Å²) in [6, 6.07) is 17.9. The highest BCUT2D eigenvalue weighted by Gasteiger charge is 2.30. The summed E-state index contributed by atoms with van der Waals surface area (Å²) in [5, 5.41) is 3.63. The molecule has 1 amide bonds. The van der Waals surface area contributed by atoms with Gasteiger partial charge in [-0.25, -0.2) is 0 Å². The van der Waals surface area contributed by atoms with Gasteiger partial charge in [-0.15, -0.1) is 0 Å². The standard InChI is InChI=1S/C28H29F3N2OS/c1-19(35-2)13-15-33-16-14-21-17-24(12-9-22(21)18-33)32-27(34)26-6-4-3-5-25(26)20-7-10-23(11-8-20)28(29,30)31/h3-12,17,19H,13-16,18H2,1-2H3,(H,32,34). The van der Waals surface area contributed by atoms with E-state index in [1.54, 1.807) is 24.3 Å². The highest BCUT2D eigenvalue weighted by molar-refractivity contribution is 7.99. The maximum Gasteiger partial charge on any atom is 0.416 e. The molecule has 0 spiro atoms. The van der Waals surface area contributed by atoms with Gasteiger partial charge < -0.3 is 5.32 Å². The minimum atomic E-state index is -4.40. The third kappa shape index (κ3) is 6.27. The van der Waals surface area contributed by atoms with Crippen LogP contribution in [0.4, 0.5) is 18.9 Å². The average Bonchev–Trinajstić information content (AvgIpc) is 2.86. The van der Waals surface area contributed by atoms with Crippen molar-refractivity contribution in [2.75, 3.05) is 24.7 Å². The van der Waals surface area contributed by atoms with E-state index in [-0.39, 0.29) is 5.91 Å². The van der Waals surface area contributed by atoms with E-state index in [1.165, 1.54) is 29.7 Å². The number of amides is 1. The van der Waals surface area contributed by atoms with Crippen molar-refractivity contribution in [1.29, 1.82) is 0 Å². The Morgan fingerprint density at radius 2 is 1.80 bits per heavy atom.